The molecule has 0 fully saturated rings. The van der Waals surface area contributed by atoms with Crippen LogP contribution in [0.25, 0.3) is 0 Å². The molecular formula is C15H14FN3O2. The number of esters is 1. The van der Waals surface area contributed by atoms with E-state index in [-0.39, 0.29) is 11.4 Å². The average Bonchev–Trinajstić information content (AvgIpc) is 2.89. The van der Waals surface area contributed by atoms with Crippen molar-refractivity contribution in [2.75, 3.05) is 24.3 Å². The lowest BCUT2D eigenvalue weighted by molar-refractivity contribution is 0.0601. The van der Waals surface area contributed by atoms with E-state index in [0.29, 0.717) is 18.1 Å². The van der Waals surface area contributed by atoms with Crippen LogP contribution in [0.2, 0.25) is 0 Å². The van der Waals surface area contributed by atoms with Gasteiger partial charge in [0, 0.05) is 12.2 Å². The molecule has 3 rings (SSSR count). The molecule has 6 heteroatoms. The summed E-state index contributed by atoms with van der Waals surface area (Å²) in [6.07, 6.45) is 2.24. The minimum Gasteiger partial charge on any atom is -0.465 e. The predicted molar refractivity (Wildman–Crippen MR) is 77.1 cm³/mol. The Labute approximate surface area is 121 Å². The summed E-state index contributed by atoms with van der Waals surface area (Å²) in [5, 5.41) is 0. The number of ether oxygens (including phenoxy) is 1. The van der Waals surface area contributed by atoms with Gasteiger partial charge in [0.2, 0.25) is 0 Å². The first-order valence-electron chi connectivity index (χ1n) is 6.50. The standard InChI is InChI=1S/C15H14FN3O2/c1-21-15(20)12-7-11(17)8-18-14(12)19-5-4-9-2-3-10(16)6-13(9)19/h2-3,6-8H,4-5,17H2,1H3. The van der Waals surface area contributed by atoms with Gasteiger partial charge in [-0.05, 0) is 30.2 Å². The number of aromatic nitrogens is 1. The van der Waals surface area contributed by atoms with E-state index in [1.54, 1.807) is 6.07 Å². The number of nitrogens with zero attached hydrogens (tertiary/aromatic N) is 2. The fraction of sp³-hybridized carbons (Fsp3) is 0.200. The first-order valence-corrected chi connectivity index (χ1v) is 6.50. The largest absolute Gasteiger partial charge is 0.465 e. The number of pyridine rings is 1. The molecule has 1 aliphatic heterocycles. The summed E-state index contributed by atoms with van der Waals surface area (Å²) in [5.74, 6) is -0.411. The zero-order valence-electron chi connectivity index (χ0n) is 11.5. The molecule has 0 saturated carbocycles. The third-order valence-corrected chi connectivity index (χ3v) is 3.49. The lowest BCUT2D eigenvalue weighted by Gasteiger charge is -2.20. The van der Waals surface area contributed by atoms with Crippen molar-refractivity contribution in [2.24, 2.45) is 0 Å². The predicted octanol–water partition coefficient (Wildman–Crippen LogP) is 2.28. The fourth-order valence-electron chi connectivity index (χ4n) is 2.52. The molecule has 2 heterocycles. The maximum absolute atomic E-state index is 13.5. The van der Waals surface area contributed by atoms with E-state index in [1.165, 1.54) is 31.5 Å². The second-order valence-electron chi connectivity index (χ2n) is 4.81. The van der Waals surface area contributed by atoms with Gasteiger partial charge in [0.25, 0.3) is 0 Å². The highest BCUT2D eigenvalue weighted by Gasteiger charge is 2.26. The van der Waals surface area contributed by atoms with Crippen molar-refractivity contribution in [3.05, 3.63) is 47.4 Å². The summed E-state index contributed by atoms with van der Waals surface area (Å²) < 4.78 is 18.2. The first kappa shape index (κ1) is 13.4. The maximum atomic E-state index is 13.5. The van der Waals surface area contributed by atoms with Gasteiger partial charge < -0.3 is 15.4 Å². The quantitative estimate of drug-likeness (QED) is 0.858. The van der Waals surface area contributed by atoms with Crippen LogP contribution in [-0.2, 0) is 11.2 Å². The normalized spacial score (nSPS) is 13.1. The van der Waals surface area contributed by atoms with Gasteiger partial charge in [-0.25, -0.2) is 14.2 Å². The highest BCUT2D eigenvalue weighted by molar-refractivity contribution is 5.97. The van der Waals surface area contributed by atoms with Gasteiger partial charge in [-0.2, -0.15) is 0 Å². The van der Waals surface area contributed by atoms with E-state index in [9.17, 15) is 9.18 Å². The molecule has 0 spiro atoms. The van der Waals surface area contributed by atoms with E-state index < -0.39 is 5.97 Å². The molecule has 5 nitrogen and oxygen atoms in total. The van der Waals surface area contributed by atoms with Crippen LogP contribution in [0, 0.1) is 5.82 Å². The van der Waals surface area contributed by atoms with Gasteiger partial charge >= 0.3 is 5.97 Å². The van der Waals surface area contributed by atoms with Crippen LogP contribution in [0.4, 0.5) is 21.6 Å². The van der Waals surface area contributed by atoms with E-state index in [4.69, 9.17) is 10.5 Å². The van der Waals surface area contributed by atoms with Gasteiger partial charge in [-0.15, -0.1) is 0 Å². The van der Waals surface area contributed by atoms with Gasteiger partial charge in [-0.1, -0.05) is 6.07 Å². The smallest absolute Gasteiger partial charge is 0.341 e. The Kier molecular flexibility index (Phi) is 3.21. The summed E-state index contributed by atoms with van der Waals surface area (Å²) in [7, 11) is 1.30. The Bertz CT molecular complexity index is 718. The van der Waals surface area contributed by atoms with Gasteiger partial charge in [0.05, 0.1) is 19.0 Å². The van der Waals surface area contributed by atoms with Crippen LogP contribution >= 0.6 is 0 Å². The Morgan fingerprint density at radius 1 is 1.43 bits per heavy atom. The lowest BCUT2D eigenvalue weighted by atomic mass is 10.1. The number of nitrogen functional groups attached to an aromatic ring is 1. The second-order valence-corrected chi connectivity index (χ2v) is 4.81. The van der Waals surface area contributed by atoms with Crippen molar-refractivity contribution < 1.29 is 13.9 Å². The molecule has 2 aromatic rings. The number of rotatable bonds is 2. The Hall–Kier alpha value is -2.63. The third kappa shape index (κ3) is 2.29. The second kappa shape index (κ2) is 5.05. The third-order valence-electron chi connectivity index (χ3n) is 3.49. The van der Waals surface area contributed by atoms with Crippen molar-refractivity contribution in [1.29, 1.82) is 0 Å². The number of hydrogen-bond acceptors (Lipinski definition) is 5. The molecule has 1 aromatic heterocycles. The fourth-order valence-corrected chi connectivity index (χ4v) is 2.52. The van der Waals surface area contributed by atoms with Gasteiger partial charge in [0.1, 0.15) is 17.2 Å². The maximum Gasteiger partial charge on any atom is 0.341 e. The van der Waals surface area contributed by atoms with Gasteiger partial charge in [-0.3, -0.25) is 0 Å². The number of halogens is 1. The minimum absolute atomic E-state index is 0.273. The van der Waals surface area contributed by atoms with Gasteiger partial charge in [0.15, 0.2) is 0 Å². The number of nitrogens with two attached hydrogens (primary N) is 1. The lowest BCUT2D eigenvalue weighted by Crippen LogP contribution is -2.19. The molecule has 108 valence electrons. The molecule has 0 bridgehead atoms. The first-order chi connectivity index (χ1) is 10.1. The molecule has 1 aliphatic rings. The monoisotopic (exact) mass is 287 g/mol. The molecular weight excluding hydrogens is 273 g/mol. The Morgan fingerprint density at radius 2 is 2.24 bits per heavy atom. The van der Waals surface area contributed by atoms with E-state index in [0.717, 1.165) is 17.7 Å². The Balaban J connectivity index is 2.11. The molecule has 0 unspecified atom stereocenters. The van der Waals surface area contributed by atoms with Crippen LogP contribution < -0.4 is 10.6 Å². The van der Waals surface area contributed by atoms with Crippen molar-refractivity contribution in [2.45, 2.75) is 6.42 Å². The number of carbonyl (C=O) groups is 1. The van der Waals surface area contributed by atoms with Crippen molar-refractivity contribution >= 4 is 23.2 Å². The van der Waals surface area contributed by atoms with Crippen molar-refractivity contribution in [1.82, 2.24) is 4.98 Å². The zero-order valence-corrected chi connectivity index (χ0v) is 11.5. The number of benzene rings is 1. The summed E-state index contributed by atoms with van der Waals surface area (Å²) in [6.45, 7) is 0.625. The average molecular weight is 287 g/mol. The molecule has 1 aromatic carbocycles. The van der Waals surface area contributed by atoms with E-state index >= 15 is 0 Å². The number of carbonyl (C=O) groups excluding carboxylic acids is 1. The molecule has 2 N–H and O–H groups in total. The zero-order chi connectivity index (χ0) is 15.0. The van der Waals surface area contributed by atoms with Crippen LogP contribution in [0.1, 0.15) is 15.9 Å². The summed E-state index contributed by atoms with van der Waals surface area (Å²) >= 11 is 0. The van der Waals surface area contributed by atoms with Crippen LogP contribution in [0.3, 0.4) is 0 Å². The highest BCUT2D eigenvalue weighted by Crippen LogP contribution is 2.36. The SMILES string of the molecule is COC(=O)c1cc(N)cnc1N1CCc2ccc(F)cc21. The molecule has 0 radical (unpaired) electrons. The number of fused-ring (bicyclic) bond motifs is 1. The summed E-state index contributed by atoms with van der Waals surface area (Å²) in [6, 6.07) is 6.15. The van der Waals surface area contributed by atoms with E-state index in [1.807, 2.05) is 4.90 Å². The minimum atomic E-state index is -0.519. The Morgan fingerprint density at radius 3 is 3.00 bits per heavy atom. The number of hydrogen-bond donors (Lipinski definition) is 1. The number of anilines is 3. The summed E-state index contributed by atoms with van der Waals surface area (Å²) in [5.41, 5.74) is 8.07. The van der Waals surface area contributed by atoms with Crippen molar-refractivity contribution in [3.63, 3.8) is 0 Å². The molecule has 0 aliphatic carbocycles. The molecule has 21 heavy (non-hydrogen) atoms. The summed E-state index contributed by atoms with van der Waals surface area (Å²) in [4.78, 5) is 17.9. The molecule has 0 amide bonds. The molecule has 0 atom stereocenters. The van der Waals surface area contributed by atoms with Crippen LogP contribution in [0.15, 0.2) is 30.5 Å². The van der Waals surface area contributed by atoms with Crippen LogP contribution in [-0.4, -0.2) is 24.6 Å². The topological polar surface area (TPSA) is 68.5 Å². The molecule has 0 saturated heterocycles. The van der Waals surface area contributed by atoms with E-state index in [2.05, 4.69) is 4.98 Å². The van der Waals surface area contributed by atoms with Crippen molar-refractivity contribution in [3.8, 4) is 0 Å². The van der Waals surface area contributed by atoms with Crippen LogP contribution in [0.5, 0.6) is 0 Å². The highest BCUT2D eigenvalue weighted by atomic mass is 19.1. The number of methoxy groups -OCH3 is 1.